The molecule has 0 saturated heterocycles. The first-order chi connectivity index (χ1) is 11.6. The van der Waals surface area contributed by atoms with Crippen LogP contribution in [0.5, 0.6) is 0 Å². The summed E-state index contributed by atoms with van der Waals surface area (Å²) >= 11 is 6.14. The smallest absolute Gasteiger partial charge is 0.244 e. The third kappa shape index (κ3) is 4.20. The van der Waals surface area contributed by atoms with Crippen molar-refractivity contribution in [3.8, 4) is 0 Å². The quantitative estimate of drug-likeness (QED) is 0.716. The molecule has 0 atom stereocenters. The van der Waals surface area contributed by atoms with Crippen molar-refractivity contribution in [2.45, 2.75) is 20.4 Å². The van der Waals surface area contributed by atoms with E-state index in [2.05, 4.69) is 57.0 Å². The Kier molecular flexibility index (Phi) is 4.91. The molecular formula is C18H18ClN5. The summed E-state index contributed by atoms with van der Waals surface area (Å²) in [5.74, 6) is 1.08. The Labute approximate surface area is 146 Å². The van der Waals surface area contributed by atoms with Crippen molar-refractivity contribution in [1.29, 1.82) is 0 Å². The summed E-state index contributed by atoms with van der Waals surface area (Å²) in [5.41, 5.74) is 4.28. The average molecular weight is 340 g/mol. The molecule has 0 unspecified atom stereocenters. The third-order valence-electron chi connectivity index (χ3n) is 3.57. The number of nitrogens with one attached hydrogen (secondary N) is 2. The van der Waals surface area contributed by atoms with Gasteiger partial charge in [-0.1, -0.05) is 47.5 Å². The van der Waals surface area contributed by atoms with Gasteiger partial charge in [-0.15, -0.1) is 5.10 Å². The van der Waals surface area contributed by atoms with Crippen LogP contribution in [0.25, 0.3) is 0 Å². The van der Waals surface area contributed by atoms with Crippen LogP contribution in [0.4, 0.5) is 17.5 Å². The van der Waals surface area contributed by atoms with E-state index in [1.165, 1.54) is 5.56 Å². The summed E-state index contributed by atoms with van der Waals surface area (Å²) < 4.78 is 0. The number of aromatic nitrogens is 3. The zero-order valence-electron chi connectivity index (χ0n) is 13.5. The molecule has 0 spiro atoms. The van der Waals surface area contributed by atoms with Crippen LogP contribution >= 0.6 is 11.6 Å². The van der Waals surface area contributed by atoms with Crippen LogP contribution in [-0.2, 0) is 6.54 Å². The van der Waals surface area contributed by atoms with Crippen LogP contribution in [0, 0.1) is 13.8 Å². The van der Waals surface area contributed by atoms with Crippen molar-refractivity contribution in [3.05, 3.63) is 70.4 Å². The molecule has 0 saturated carbocycles. The van der Waals surface area contributed by atoms with E-state index in [-0.39, 0.29) is 0 Å². The van der Waals surface area contributed by atoms with E-state index in [0.29, 0.717) is 23.3 Å². The molecule has 6 heteroatoms. The second-order valence-corrected chi connectivity index (χ2v) is 6.00. The lowest BCUT2D eigenvalue weighted by atomic mass is 10.1. The molecule has 3 rings (SSSR count). The van der Waals surface area contributed by atoms with Crippen LogP contribution < -0.4 is 10.6 Å². The zero-order chi connectivity index (χ0) is 16.9. The molecule has 122 valence electrons. The van der Waals surface area contributed by atoms with Crippen molar-refractivity contribution in [1.82, 2.24) is 15.2 Å². The number of rotatable bonds is 5. The van der Waals surface area contributed by atoms with Gasteiger partial charge in [0, 0.05) is 17.3 Å². The van der Waals surface area contributed by atoms with E-state index >= 15 is 0 Å². The highest BCUT2D eigenvalue weighted by molar-refractivity contribution is 6.31. The molecule has 0 aliphatic heterocycles. The van der Waals surface area contributed by atoms with Crippen molar-refractivity contribution in [2.75, 3.05) is 10.6 Å². The maximum atomic E-state index is 6.14. The Morgan fingerprint density at radius 3 is 2.58 bits per heavy atom. The van der Waals surface area contributed by atoms with Gasteiger partial charge in [0.05, 0.1) is 6.20 Å². The molecule has 0 aliphatic rings. The summed E-state index contributed by atoms with van der Waals surface area (Å²) in [4.78, 5) is 4.41. The average Bonchev–Trinajstić information content (AvgIpc) is 2.58. The fraction of sp³-hybridized carbons (Fsp3) is 0.167. The molecule has 0 radical (unpaired) electrons. The Hall–Kier alpha value is -2.66. The maximum Gasteiger partial charge on any atom is 0.244 e. The fourth-order valence-electron chi connectivity index (χ4n) is 2.14. The van der Waals surface area contributed by atoms with Gasteiger partial charge < -0.3 is 10.6 Å². The van der Waals surface area contributed by atoms with Gasteiger partial charge in [0.25, 0.3) is 0 Å². The van der Waals surface area contributed by atoms with Crippen molar-refractivity contribution in [2.24, 2.45) is 0 Å². The molecule has 0 aliphatic carbocycles. The summed E-state index contributed by atoms with van der Waals surface area (Å²) in [6, 6.07) is 14.1. The molecule has 2 N–H and O–H groups in total. The van der Waals surface area contributed by atoms with Crippen LogP contribution in [0.1, 0.15) is 16.7 Å². The Morgan fingerprint density at radius 2 is 1.83 bits per heavy atom. The van der Waals surface area contributed by atoms with Crippen LogP contribution in [0.15, 0.2) is 48.7 Å². The highest BCUT2D eigenvalue weighted by atomic mass is 35.5. The largest absolute Gasteiger partial charge is 0.349 e. The molecule has 3 aromatic rings. The standard InChI is InChI=1S/C18H18ClN5/c1-12-3-6-14(7-4-12)10-20-18-23-17(11-21-24-18)22-15-8-5-13(2)16(19)9-15/h3-9,11H,10H2,1-2H3,(H2,20,22,23,24). The Balaban J connectivity index is 1.67. The normalized spacial score (nSPS) is 10.5. The molecule has 5 nitrogen and oxygen atoms in total. The SMILES string of the molecule is Cc1ccc(CNc2nncc(Nc3ccc(C)c(Cl)c3)n2)cc1. The van der Waals surface area contributed by atoms with Crippen molar-refractivity contribution in [3.63, 3.8) is 0 Å². The van der Waals surface area contributed by atoms with Gasteiger partial charge in [0.15, 0.2) is 5.82 Å². The lowest BCUT2D eigenvalue weighted by molar-refractivity contribution is 0.948. The number of aryl methyl sites for hydroxylation is 2. The number of anilines is 3. The van der Waals surface area contributed by atoms with Gasteiger partial charge in [-0.2, -0.15) is 10.1 Å². The van der Waals surface area contributed by atoms with Gasteiger partial charge in [0.1, 0.15) is 0 Å². The predicted octanol–water partition coefficient (Wildman–Crippen LogP) is 4.50. The molecular weight excluding hydrogens is 322 g/mol. The summed E-state index contributed by atoms with van der Waals surface area (Å²) in [6.07, 6.45) is 1.57. The summed E-state index contributed by atoms with van der Waals surface area (Å²) in [7, 11) is 0. The van der Waals surface area contributed by atoms with Crippen LogP contribution in [-0.4, -0.2) is 15.2 Å². The summed E-state index contributed by atoms with van der Waals surface area (Å²) in [5, 5.41) is 15.0. The van der Waals surface area contributed by atoms with E-state index < -0.39 is 0 Å². The molecule has 0 fully saturated rings. The zero-order valence-corrected chi connectivity index (χ0v) is 14.3. The second-order valence-electron chi connectivity index (χ2n) is 5.59. The highest BCUT2D eigenvalue weighted by Crippen LogP contribution is 2.22. The summed E-state index contributed by atoms with van der Waals surface area (Å²) in [6.45, 7) is 4.67. The minimum Gasteiger partial charge on any atom is -0.349 e. The second kappa shape index (κ2) is 7.27. The number of nitrogens with zero attached hydrogens (tertiary/aromatic N) is 3. The first kappa shape index (κ1) is 16.2. The van der Waals surface area contributed by atoms with E-state index in [4.69, 9.17) is 11.6 Å². The molecule has 2 aromatic carbocycles. The third-order valence-corrected chi connectivity index (χ3v) is 3.98. The number of halogens is 1. The number of benzene rings is 2. The maximum absolute atomic E-state index is 6.14. The van der Waals surface area contributed by atoms with Crippen molar-refractivity contribution < 1.29 is 0 Å². The Bertz CT molecular complexity index is 833. The van der Waals surface area contributed by atoms with Gasteiger partial charge in [-0.25, -0.2) is 0 Å². The Morgan fingerprint density at radius 1 is 1.04 bits per heavy atom. The lowest BCUT2D eigenvalue weighted by Crippen LogP contribution is -2.06. The van der Waals surface area contributed by atoms with Gasteiger partial charge >= 0.3 is 0 Å². The fourth-order valence-corrected chi connectivity index (χ4v) is 2.32. The molecule has 0 amide bonds. The number of hydrogen-bond donors (Lipinski definition) is 2. The minimum absolute atomic E-state index is 0.471. The lowest BCUT2D eigenvalue weighted by Gasteiger charge is -2.09. The van der Waals surface area contributed by atoms with Gasteiger partial charge in [-0.05, 0) is 37.1 Å². The molecule has 0 bridgehead atoms. The van der Waals surface area contributed by atoms with E-state index in [0.717, 1.165) is 16.8 Å². The first-order valence-electron chi connectivity index (χ1n) is 7.62. The number of hydrogen-bond acceptors (Lipinski definition) is 5. The first-order valence-corrected chi connectivity index (χ1v) is 8.00. The predicted molar refractivity (Wildman–Crippen MR) is 97.8 cm³/mol. The van der Waals surface area contributed by atoms with Crippen molar-refractivity contribution >= 4 is 29.1 Å². The van der Waals surface area contributed by atoms with E-state index in [1.54, 1.807) is 6.20 Å². The molecule has 24 heavy (non-hydrogen) atoms. The van der Waals surface area contributed by atoms with Crippen LogP contribution in [0.3, 0.4) is 0 Å². The topological polar surface area (TPSA) is 62.7 Å². The molecule has 1 aromatic heterocycles. The van der Waals surface area contributed by atoms with E-state index in [1.807, 2.05) is 25.1 Å². The minimum atomic E-state index is 0.471. The van der Waals surface area contributed by atoms with Gasteiger partial charge in [0.2, 0.25) is 5.95 Å². The monoisotopic (exact) mass is 339 g/mol. The van der Waals surface area contributed by atoms with Gasteiger partial charge in [-0.3, -0.25) is 0 Å². The van der Waals surface area contributed by atoms with Crippen LogP contribution in [0.2, 0.25) is 5.02 Å². The highest BCUT2D eigenvalue weighted by Gasteiger charge is 2.03. The van der Waals surface area contributed by atoms with E-state index in [9.17, 15) is 0 Å². The molecule has 1 heterocycles.